The van der Waals surface area contributed by atoms with Crippen LogP contribution in [0.15, 0.2) is 30.3 Å². The second kappa shape index (κ2) is 6.92. The first-order valence-electron chi connectivity index (χ1n) is 7.95. The highest BCUT2D eigenvalue weighted by Crippen LogP contribution is 2.27. The minimum Gasteiger partial charge on any atom is -0.459 e. The minimum atomic E-state index is -0.474. The van der Waals surface area contributed by atoms with Crippen molar-refractivity contribution in [3.63, 3.8) is 0 Å². The smallest absolute Gasteiger partial charge is 0.329 e. The summed E-state index contributed by atoms with van der Waals surface area (Å²) in [6, 6.07) is 9.10. The molecule has 2 unspecified atom stereocenters. The third kappa shape index (κ3) is 3.47. The molecule has 1 aromatic rings. The Morgan fingerprint density at radius 2 is 2.09 bits per heavy atom. The molecule has 2 N–H and O–H groups in total. The van der Waals surface area contributed by atoms with E-state index in [1.54, 1.807) is 0 Å². The lowest BCUT2D eigenvalue weighted by atomic mass is 9.80. The van der Waals surface area contributed by atoms with Crippen LogP contribution in [-0.2, 0) is 20.9 Å². The number of nitrogens with one attached hydrogen (secondary N) is 2. The van der Waals surface area contributed by atoms with E-state index in [1.165, 1.54) is 0 Å². The largest absolute Gasteiger partial charge is 0.459 e. The van der Waals surface area contributed by atoms with Gasteiger partial charge in [-0.05, 0) is 43.8 Å². The normalized spacial score (nSPS) is 27.6. The number of esters is 1. The highest BCUT2D eigenvalue weighted by atomic mass is 16.5. The van der Waals surface area contributed by atoms with E-state index in [2.05, 4.69) is 10.6 Å². The van der Waals surface area contributed by atoms with Crippen molar-refractivity contribution in [3.8, 4) is 0 Å². The number of ether oxygens (including phenoxy) is 1. The Hall–Kier alpha value is -1.88. The zero-order valence-corrected chi connectivity index (χ0v) is 12.6. The Balaban J connectivity index is 1.50. The van der Waals surface area contributed by atoms with E-state index in [0.29, 0.717) is 5.92 Å². The third-order valence-electron chi connectivity index (χ3n) is 4.50. The molecule has 118 valence electrons. The molecule has 2 saturated heterocycles. The summed E-state index contributed by atoms with van der Waals surface area (Å²) in [7, 11) is 0. The van der Waals surface area contributed by atoms with Gasteiger partial charge in [0.25, 0.3) is 0 Å². The molecule has 2 heterocycles. The monoisotopic (exact) mass is 302 g/mol. The second-order valence-corrected chi connectivity index (χ2v) is 6.13. The maximum atomic E-state index is 12.1. The van der Waals surface area contributed by atoms with Crippen LogP contribution < -0.4 is 10.6 Å². The summed E-state index contributed by atoms with van der Waals surface area (Å²) in [5.74, 6) is -0.0909. The standard InChI is InChI=1S/C17H22N2O3/c20-16-14(9-13-7-4-8-18-10-13)15(19-16)17(21)22-11-12-5-2-1-3-6-12/h1-3,5-6,13-15,18H,4,7-11H2,(H,19,20)/t13?,14-,15?/m1/s1. The summed E-state index contributed by atoms with van der Waals surface area (Å²) in [5, 5.41) is 6.03. The van der Waals surface area contributed by atoms with Crippen molar-refractivity contribution in [1.29, 1.82) is 0 Å². The van der Waals surface area contributed by atoms with Crippen LogP contribution in [-0.4, -0.2) is 31.0 Å². The minimum absolute atomic E-state index is 0.0211. The molecule has 3 atom stereocenters. The van der Waals surface area contributed by atoms with Crippen LogP contribution in [0.1, 0.15) is 24.8 Å². The number of hydrogen-bond donors (Lipinski definition) is 2. The number of β-lactam (4-membered cyclic amide) rings is 1. The summed E-state index contributed by atoms with van der Waals surface area (Å²) >= 11 is 0. The Morgan fingerprint density at radius 3 is 2.77 bits per heavy atom. The summed E-state index contributed by atoms with van der Waals surface area (Å²) in [5.41, 5.74) is 0.953. The van der Waals surface area contributed by atoms with Gasteiger partial charge in [-0.1, -0.05) is 30.3 Å². The van der Waals surface area contributed by atoms with Crippen LogP contribution in [0.4, 0.5) is 0 Å². The molecule has 1 amide bonds. The fourth-order valence-corrected chi connectivity index (χ4v) is 3.19. The van der Waals surface area contributed by atoms with Crippen molar-refractivity contribution >= 4 is 11.9 Å². The van der Waals surface area contributed by atoms with Gasteiger partial charge in [0.15, 0.2) is 0 Å². The third-order valence-corrected chi connectivity index (χ3v) is 4.50. The summed E-state index contributed by atoms with van der Waals surface area (Å²) in [6.07, 6.45) is 3.04. The first kappa shape index (κ1) is 15.0. The first-order valence-corrected chi connectivity index (χ1v) is 7.95. The summed E-state index contributed by atoms with van der Waals surface area (Å²) in [4.78, 5) is 23.9. The molecular formula is C17H22N2O3. The van der Waals surface area contributed by atoms with Crippen molar-refractivity contribution in [2.45, 2.75) is 31.9 Å². The molecule has 2 aliphatic rings. The molecule has 2 fully saturated rings. The molecular weight excluding hydrogens is 280 g/mol. The quantitative estimate of drug-likeness (QED) is 0.634. The highest BCUT2D eigenvalue weighted by Gasteiger charge is 2.45. The molecule has 0 aliphatic carbocycles. The van der Waals surface area contributed by atoms with Crippen molar-refractivity contribution in [2.75, 3.05) is 13.1 Å². The molecule has 0 aromatic heterocycles. The lowest BCUT2D eigenvalue weighted by Crippen LogP contribution is -2.63. The fourth-order valence-electron chi connectivity index (χ4n) is 3.19. The van der Waals surface area contributed by atoms with Crippen LogP contribution >= 0.6 is 0 Å². The van der Waals surface area contributed by atoms with Crippen molar-refractivity contribution in [3.05, 3.63) is 35.9 Å². The van der Waals surface area contributed by atoms with Crippen LogP contribution in [0.3, 0.4) is 0 Å². The highest BCUT2D eigenvalue weighted by molar-refractivity contribution is 5.97. The molecule has 5 heteroatoms. The van der Waals surface area contributed by atoms with Crippen LogP contribution in [0.25, 0.3) is 0 Å². The molecule has 2 aliphatic heterocycles. The Kier molecular flexibility index (Phi) is 4.73. The number of rotatable bonds is 5. The Labute approximate surface area is 130 Å². The average Bonchev–Trinajstić information content (AvgIpc) is 2.57. The van der Waals surface area contributed by atoms with Crippen molar-refractivity contribution in [1.82, 2.24) is 10.6 Å². The lowest BCUT2D eigenvalue weighted by molar-refractivity contribution is -0.159. The maximum absolute atomic E-state index is 12.1. The number of piperidine rings is 1. The molecule has 0 spiro atoms. The van der Waals surface area contributed by atoms with Gasteiger partial charge in [0.2, 0.25) is 5.91 Å². The predicted octanol–water partition coefficient (Wildman–Crippen LogP) is 1.23. The SMILES string of the molecule is O=C(OCc1ccccc1)C1NC(=O)[C@@H]1CC1CCCNC1. The van der Waals surface area contributed by atoms with E-state index < -0.39 is 6.04 Å². The molecule has 0 saturated carbocycles. The van der Waals surface area contributed by atoms with Crippen LogP contribution in [0.2, 0.25) is 0 Å². The van der Waals surface area contributed by atoms with Gasteiger partial charge in [0, 0.05) is 0 Å². The molecule has 1 aromatic carbocycles. The zero-order valence-electron chi connectivity index (χ0n) is 12.6. The van der Waals surface area contributed by atoms with Gasteiger partial charge in [-0.2, -0.15) is 0 Å². The van der Waals surface area contributed by atoms with E-state index in [-0.39, 0.29) is 24.4 Å². The van der Waals surface area contributed by atoms with E-state index in [0.717, 1.165) is 37.9 Å². The van der Waals surface area contributed by atoms with E-state index in [9.17, 15) is 9.59 Å². The lowest BCUT2D eigenvalue weighted by Gasteiger charge is -2.37. The van der Waals surface area contributed by atoms with Gasteiger partial charge < -0.3 is 15.4 Å². The molecule has 5 nitrogen and oxygen atoms in total. The molecule has 0 bridgehead atoms. The Bertz CT molecular complexity index is 526. The van der Waals surface area contributed by atoms with Gasteiger partial charge >= 0.3 is 5.97 Å². The van der Waals surface area contributed by atoms with Crippen molar-refractivity contribution in [2.24, 2.45) is 11.8 Å². The number of carbonyl (C=O) groups excluding carboxylic acids is 2. The van der Waals surface area contributed by atoms with Crippen LogP contribution in [0.5, 0.6) is 0 Å². The number of carbonyl (C=O) groups is 2. The van der Waals surface area contributed by atoms with Gasteiger partial charge in [0.05, 0.1) is 5.92 Å². The molecule has 22 heavy (non-hydrogen) atoms. The number of benzene rings is 1. The summed E-state index contributed by atoms with van der Waals surface area (Å²) < 4.78 is 5.33. The molecule has 0 radical (unpaired) electrons. The number of amides is 1. The van der Waals surface area contributed by atoms with Gasteiger partial charge in [0.1, 0.15) is 12.6 Å². The van der Waals surface area contributed by atoms with Gasteiger partial charge in [-0.25, -0.2) is 4.79 Å². The Morgan fingerprint density at radius 1 is 1.27 bits per heavy atom. The van der Waals surface area contributed by atoms with Crippen LogP contribution in [0, 0.1) is 11.8 Å². The van der Waals surface area contributed by atoms with E-state index in [4.69, 9.17) is 4.74 Å². The average molecular weight is 302 g/mol. The zero-order chi connectivity index (χ0) is 15.4. The van der Waals surface area contributed by atoms with Gasteiger partial charge in [-0.15, -0.1) is 0 Å². The summed E-state index contributed by atoms with van der Waals surface area (Å²) in [6.45, 7) is 2.25. The molecule has 3 rings (SSSR count). The number of hydrogen-bond acceptors (Lipinski definition) is 4. The van der Waals surface area contributed by atoms with E-state index >= 15 is 0 Å². The van der Waals surface area contributed by atoms with Crippen molar-refractivity contribution < 1.29 is 14.3 Å². The fraction of sp³-hybridized carbons (Fsp3) is 0.529. The predicted molar refractivity (Wildman–Crippen MR) is 81.9 cm³/mol. The topological polar surface area (TPSA) is 67.4 Å². The van der Waals surface area contributed by atoms with E-state index in [1.807, 2.05) is 30.3 Å². The second-order valence-electron chi connectivity index (χ2n) is 6.13. The first-order chi connectivity index (χ1) is 10.7. The maximum Gasteiger partial charge on any atom is 0.329 e. The van der Waals surface area contributed by atoms with Gasteiger partial charge in [-0.3, -0.25) is 4.79 Å².